The maximum Gasteiger partial charge on any atom is 0.107 e. The Kier molecular flexibility index (Phi) is 0.733. The number of aromatic nitrogens is 3. The van der Waals surface area contributed by atoms with Gasteiger partial charge in [-0.15, -0.1) is 0 Å². The van der Waals surface area contributed by atoms with Crippen molar-refractivity contribution >= 4 is 11.0 Å². The predicted molar refractivity (Wildman–Crippen MR) is 40.1 cm³/mol. The van der Waals surface area contributed by atoms with E-state index in [4.69, 9.17) is 0 Å². The molecule has 0 N–H and O–H groups in total. The Balaban J connectivity index is 2.62. The molecule has 2 aromatic heterocycles. The van der Waals surface area contributed by atoms with Crippen molar-refractivity contribution in [2.45, 2.75) is 6.42 Å². The quantitative estimate of drug-likeness (QED) is 0.470. The van der Waals surface area contributed by atoms with Gasteiger partial charge in [0, 0.05) is 24.4 Å². The summed E-state index contributed by atoms with van der Waals surface area (Å²) in [4.78, 5) is 12.6. The standard InChI is InChI=1S/C8H5N3/c1-5-2-9-4-7-8(5)11-6(1)3-10-7/h2-4H,1H2. The van der Waals surface area contributed by atoms with Gasteiger partial charge in [-0.2, -0.15) is 0 Å². The molecule has 0 atom stereocenters. The fraction of sp³-hybridized carbons (Fsp3) is 0.125. The maximum absolute atomic E-state index is 4.37. The molecule has 52 valence electrons. The molecule has 0 radical (unpaired) electrons. The molecule has 0 saturated heterocycles. The monoisotopic (exact) mass is 143 g/mol. The predicted octanol–water partition coefficient (Wildman–Crippen LogP) is 0.929. The average Bonchev–Trinajstić information content (AvgIpc) is 2.42. The number of pyridine rings is 1. The molecular formula is C8H5N3. The molecule has 0 aliphatic carbocycles. The zero-order chi connectivity index (χ0) is 7.26. The van der Waals surface area contributed by atoms with Gasteiger partial charge in [-0.1, -0.05) is 0 Å². The van der Waals surface area contributed by atoms with Crippen molar-refractivity contribution in [1.82, 2.24) is 15.0 Å². The maximum atomic E-state index is 4.37. The molecule has 0 aromatic carbocycles. The lowest BCUT2D eigenvalue weighted by Crippen LogP contribution is -1.81. The van der Waals surface area contributed by atoms with Crippen LogP contribution in [0.25, 0.3) is 11.0 Å². The van der Waals surface area contributed by atoms with Gasteiger partial charge in [0.2, 0.25) is 0 Å². The molecule has 0 saturated carbocycles. The minimum atomic E-state index is 0.902. The first-order valence-corrected chi connectivity index (χ1v) is 3.52. The first kappa shape index (κ1) is 5.18. The van der Waals surface area contributed by atoms with Gasteiger partial charge in [0.25, 0.3) is 0 Å². The summed E-state index contributed by atoms with van der Waals surface area (Å²) in [5.74, 6) is 0. The molecule has 3 nitrogen and oxygen atoms in total. The zero-order valence-electron chi connectivity index (χ0n) is 5.78. The second-order valence-corrected chi connectivity index (χ2v) is 2.70. The lowest BCUT2D eigenvalue weighted by molar-refractivity contribution is 1.15. The van der Waals surface area contributed by atoms with Gasteiger partial charge in [0.15, 0.2) is 0 Å². The van der Waals surface area contributed by atoms with Crippen LogP contribution in [0.2, 0.25) is 0 Å². The Bertz CT molecular complexity index is 436. The van der Waals surface area contributed by atoms with Crippen LogP contribution < -0.4 is 0 Å². The third-order valence-electron chi connectivity index (χ3n) is 1.95. The van der Waals surface area contributed by atoms with E-state index in [0.717, 1.165) is 23.1 Å². The third kappa shape index (κ3) is 0.550. The van der Waals surface area contributed by atoms with Crippen LogP contribution in [-0.2, 0) is 6.42 Å². The molecule has 0 spiro atoms. The van der Waals surface area contributed by atoms with E-state index >= 15 is 0 Å². The van der Waals surface area contributed by atoms with Gasteiger partial charge in [0.1, 0.15) is 5.52 Å². The molecule has 1 aliphatic heterocycles. The van der Waals surface area contributed by atoms with Gasteiger partial charge < -0.3 is 0 Å². The van der Waals surface area contributed by atoms with E-state index in [-0.39, 0.29) is 0 Å². The fourth-order valence-corrected chi connectivity index (χ4v) is 1.43. The lowest BCUT2D eigenvalue weighted by Gasteiger charge is -1.90. The number of hydrogen-bond donors (Lipinski definition) is 0. The first-order valence-electron chi connectivity index (χ1n) is 3.52. The van der Waals surface area contributed by atoms with E-state index in [0.29, 0.717) is 0 Å². The molecule has 0 fully saturated rings. The van der Waals surface area contributed by atoms with Crippen LogP contribution >= 0.6 is 0 Å². The fourth-order valence-electron chi connectivity index (χ4n) is 1.43. The van der Waals surface area contributed by atoms with Crippen molar-refractivity contribution in [1.29, 1.82) is 0 Å². The Morgan fingerprint density at radius 2 is 2.18 bits per heavy atom. The number of rotatable bonds is 0. The minimum absolute atomic E-state index is 0.902. The van der Waals surface area contributed by atoms with Crippen LogP contribution in [0.5, 0.6) is 0 Å². The van der Waals surface area contributed by atoms with Crippen LogP contribution in [-0.4, -0.2) is 15.0 Å². The highest BCUT2D eigenvalue weighted by molar-refractivity contribution is 5.78. The normalized spacial score (nSPS) is 13.1. The summed E-state index contributed by atoms with van der Waals surface area (Å²) < 4.78 is 0. The number of nitrogens with zero attached hydrogens (tertiary/aromatic N) is 3. The summed E-state index contributed by atoms with van der Waals surface area (Å²) >= 11 is 0. The highest BCUT2D eigenvalue weighted by atomic mass is 14.8. The summed E-state index contributed by atoms with van der Waals surface area (Å²) in [5.41, 5.74) is 4.19. The minimum Gasteiger partial charge on any atom is -0.262 e. The van der Waals surface area contributed by atoms with Crippen molar-refractivity contribution in [3.63, 3.8) is 0 Å². The largest absolute Gasteiger partial charge is 0.262 e. The van der Waals surface area contributed by atoms with Crippen LogP contribution in [0.1, 0.15) is 11.3 Å². The van der Waals surface area contributed by atoms with Gasteiger partial charge in [-0.05, 0) is 0 Å². The second kappa shape index (κ2) is 1.56. The van der Waals surface area contributed by atoms with Crippen molar-refractivity contribution in [2.24, 2.45) is 0 Å². The van der Waals surface area contributed by atoms with E-state index in [1.54, 1.807) is 6.20 Å². The summed E-state index contributed by atoms with van der Waals surface area (Å²) in [6, 6.07) is 0. The molecule has 3 heterocycles. The Morgan fingerprint density at radius 1 is 1.18 bits per heavy atom. The van der Waals surface area contributed by atoms with Crippen LogP contribution in [0, 0.1) is 0 Å². The van der Waals surface area contributed by atoms with E-state index in [9.17, 15) is 0 Å². The molecule has 0 amide bonds. The number of fused-ring (bicyclic) bond motifs is 1. The van der Waals surface area contributed by atoms with Crippen LogP contribution in [0.15, 0.2) is 18.6 Å². The molecule has 3 heteroatoms. The summed E-state index contributed by atoms with van der Waals surface area (Å²) in [6.07, 6.45) is 6.33. The van der Waals surface area contributed by atoms with Crippen molar-refractivity contribution < 1.29 is 0 Å². The van der Waals surface area contributed by atoms with Crippen LogP contribution in [0.4, 0.5) is 0 Å². The number of hydrogen-bond acceptors (Lipinski definition) is 3. The second-order valence-electron chi connectivity index (χ2n) is 2.70. The Morgan fingerprint density at radius 3 is 3.18 bits per heavy atom. The van der Waals surface area contributed by atoms with Crippen molar-refractivity contribution in [3.8, 4) is 0 Å². The summed E-state index contributed by atoms with van der Waals surface area (Å²) in [7, 11) is 0. The first-order chi connectivity index (χ1) is 5.43. The summed E-state index contributed by atoms with van der Waals surface area (Å²) in [6.45, 7) is 0. The van der Waals surface area contributed by atoms with E-state index in [1.165, 1.54) is 5.56 Å². The Hall–Kier alpha value is -1.51. The smallest absolute Gasteiger partial charge is 0.107 e. The van der Waals surface area contributed by atoms with E-state index in [2.05, 4.69) is 15.0 Å². The summed E-state index contributed by atoms with van der Waals surface area (Å²) in [5, 5.41) is 0. The molecule has 11 heavy (non-hydrogen) atoms. The molecule has 3 rings (SSSR count). The van der Waals surface area contributed by atoms with Gasteiger partial charge in [0.05, 0.1) is 17.4 Å². The average molecular weight is 143 g/mol. The van der Waals surface area contributed by atoms with Crippen molar-refractivity contribution in [2.75, 3.05) is 0 Å². The highest BCUT2D eigenvalue weighted by Gasteiger charge is 2.13. The molecule has 0 unspecified atom stereocenters. The molecule has 2 aromatic rings. The zero-order valence-corrected chi connectivity index (χ0v) is 5.78. The molecular weight excluding hydrogens is 138 g/mol. The molecule has 1 aliphatic rings. The van der Waals surface area contributed by atoms with Gasteiger partial charge in [-0.3, -0.25) is 9.97 Å². The van der Waals surface area contributed by atoms with Crippen LogP contribution in [0.3, 0.4) is 0 Å². The topological polar surface area (TPSA) is 38.7 Å². The Labute approximate surface area is 63.1 Å². The van der Waals surface area contributed by atoms with Gasteiger partial charge in [-0.25, -0.2) is 4.98 Å². The SMILES string of the molecule is c1nc2cncc3c2nc1C3. The van der Waals surface area contributed by atoms with E-state index < -0.39 is 0 Å². The van der Waals surface area contributed by atoms with E-state index in [1.807, 2.05) is 12.4 Å². The van der Waals surface area contributed by atoms with Crippen molar-refractivity contribution in [3.05, 3.63) is 29.8 Å². The highest BCUT2D eigenvalue weighted by Crippen LogP contribution is 2.21. The molecule has 2 bridgehead atoms. The third-order valence-corrected chi connectivity index (χ3v) is 1.95. The van der Waals surface area contributed by atoms with Gasteiger partial charge >= 0.3 is 0 Å². The lowest BCUT2D eigenvalue weighted by atomic mass is 10.2.